The number of fused-ring (bicyclic) bond motifs is 2. The molecule has 3 fully saturated rings. The Balaban J connectivity index is 1.53. The molecule has 5 rings (SSSR count). The molecule has 5 N–H and O–H groups in total. The van der Waals surface area contributed by atoms with E-state index in [2.05, 4.69) is 20.9 Å². The van der Waals surface area contributed by atoms with Crippen molar-refractivity contribution in [2.45, 2.75) is 108 Å². The highest BCUT2D eigenvalue weighted by Crippen LogP contribution is 2.26. The van der Waals surface area contributed by atoms with Crippen molar-refractivity contribution < 1.29 is 48.5 Å². The molecule has 0 radical (unpaired) electrons. The first kappa shape index (κ1) is 40.6. The molecule has 3 aliphatic heterocycles. The molecule has 55 heavy (non-hydrogen) atoms. The number of rotatable bonds is 5. The van der Waals surface area contributed by atoms with Gasteiger partial charge in [-0.25, -0.2) is 9.78 Å². The van der Waals surface area contributed by atoms with Gasteiger partial charge in [-0.1, -0.05) is 37.3 Å². The van der Waals surface area contributed by atoms with E-state index in [9.17, 15) is 43.8 Å². The Labute approximate surface area is 318 Å². The summed E-state index contributed by atoms with van der Waals surface area (Å²) in [6, 6.07) is 4.27. The second-order valence-electron chi connectivity index (χ2n) is 14.2. The van der Waals surface area contributed by atoms with Gasteiger partial charge in [0.1, 0.15) is 48.1 Å². The monoisotopic (exact) mass is 763 g/mol. The molecule has 6 amide bonds. The molecule has 8 atom stereocenters. The van der Waals surface area contributed by atoms with Gasteiger partial charge in [-0.3, -0.25) is 28.8 Å². The normalized spacial score (nSPS) is 28.9. The third-order valence-electron chi connectivity index (χ3n) is 10.4. The fourth-order valence-corrected chi connectivity index (χ4v) is 7.25. The largest absolute Gasteiger partial charge is 0.505 e. The number of nitrogens with zero attached hydrogens (tertiary/aromatic N) is 4. The van der Waals surface area contributed by atoms with Crippen LogP contribution in [0.15, 0.2) is 48.7 Å². The van der Waals surface area contributed by atoms with Crippen LogP contribution in [0.5, 0.6) is 5.75 Å². The average Bonchev–Trinajstić information content (AvgIpc) is 3.67. The number of nitrogens with one attached hydrogen (secondary N) is 3. The topological polar surface area (TPSA) is 228 Å². The Kier molecular flexibility index (Phi) is 13.1. The minimum absolute atomic E-state index is 0.00548. The molecule has 2 aromatic rings. The number of pyridine rings is 1. The zero-order chi connectivity index (χ0) is 40.0. The second-order valence-corrected chi connectivity index (χ2v) is 14.2. The van der Waals surface area contributed by atoms with E-state index in [-0.39, 0.29) is 38.8 Å². The quantitative estimate of drug-likeness (QED) is 0.247. The van der Waals surface area contributed by atoms with Crippen LogP contribution in [0.2, 0.25) is 0 Å². The Bertz CT molecular complexity index is 1780. The average molecular weight is 764 g/mol. The Hall–Kier alpha value is -5.58. The van der Waals surface area contributed by atoms with Gasteiger partial charge in [0.2, 0.25) is 29.5 Å². The first-order valence-corrected chi connectivity index (χ1v) is 18.6. The Morgan fingerprint density at radius 3 is 2.31 bits per heavy atom. The third-order valence-corrected chi connectivity index (χ3v) is 10.4. The number of cyclic esters (lactones) is 1. The molecule has 0 saturated carbocycles. The van der Waals surface area contributed by atoms with Crippen LogP contribution in [0.25, 0.3) is 0 Å². The fourth-order valence-electron chi connectivity index (χ4n) is 7.25. The van der Waals surface area contributed by atoms with Crippen LogP contribution in [-0.4, -0.2) is 140 Å². The number of aliphatic hydroxyl groups is 1. The van der Waals surface area contributed by atoms with Crippen molar-refractivity contribution in [2.24, 2.45) is 0 Å². The number of aromatic hydroxyl groups is 1. The number of hydrogen-bond acceptors (Lipinski definition) is 11. The van der Waals surface area contributed by atoms with E-state index in [4.69, 9.17) is 4.74 Å². The zero-order valence-corrected chi connectivity index (χ0v) is 31.3. The molecule has 17 nitrogen and oxygen atoms in total. The summed E-state index contributed by atoms with van der Waals surface area (Å²) in [5.74, 6) is -5.69. The van der Waals surface area contributed by atoms with E-state index >= 15 is 0 Å². The molecule has 0 aliphatic carbocycles. The number of esters is 1. The van der Waals surface area contributed by atoms with Gasteiger partial charge in [0, 0.05) is 39.2 Å². The molecular weight excluding hydrogens is 714 g/mol. The van der Waals surface area contributed by atoms with E-state index in [0.717, 1.165) is 5.56 Å². The number of aliphatic hydroxyl groups excluding tert-OH is 1. The predicted molar refractivity (Wildman–Crippen MR) is 195 cm³/mol. The summed E-state index contributed by atoms with van der Waals surface area (Å²) in [6.45, 7) is 4.52. The van der Waals surface area contributed by atoms with E-state index in [1.807, 2.05) is 18.2 Å². The molecule has 296 valence electrons. The predicted octanol–water partition coefficient (Wildman–Crippen LogP) is -0.357. The van der Waals surface area contributed by atoms with Crippen LogP contribution in [0.4, 0.5) is 0 Å². The summed E-state index contributed by atoms with van der Waals surface area (Å²) in [7, 11) is 1.48. The van der Waals surface area contributed by atoms with Crippen molar-refractivity contribution in [3.63, 3.8) is 0 Å². The minimum Gasteiger partial charge on any atom is -0.505 e. The lowest BCUT2D eigenvalue weighted by molar-refractivity contribution is -0.156. The summed E-state index contributed by atoms with van der Waals surface area (Å²) < 4.78 is 5.59. The van der Waals surface area contributed by atoms with Gasteiger partial charge < -0.3 is 45.6 Å². The number of benzene rings is 1. The van der Waals surface area contributed by atoms with Crippen LogP contribution < -0.4 is 16.0 Å². The number of amides is 6. The summed E-state index contributed by atoms with van der Waals surface area (Å²) >= 11 is 0. The molecule has 0 unspecified atom stereocenters. The number of hydrogen-bond donors (Lipinski definition) is 5. The van der Waals surface area contributed by atoms with Crippen molar-refractivity contribution in [3.05, 3.63) is 59.9 Å². The van der Waals surface area contributed by atoms with E-state index < -0.39 is 101 Å². The van der Waals surface area contributed by atoms with Gasteiger partial charge in [-0.05, 0) is 57.2 Å². The van der Waals surface area contributed by atoms with Gasteiger partial charge in [-0.15, -0.1) is 0 Å². The number of aromatic nitrogens is 1. The lowest BCUT2D eigenvalue weighted by Gasteiger charge is -2.41. The minimum atomic E-state index is -1.62. The lowest BCUT2D eigenvalue weighted by atomic mass is 9.95. The van der Waals surface area contributed by atoms with Crippen LogP contribution in [0, 0.1) is 0 Å². The summed E-state index contributed by atoms with van der Waals surface area (Å²) in [6.07, 6.45) is -0.0689. The lowest BCUT2D eigenvalue weighted by Crippen LogP contribution is -2.62. The molecule has 17 heteroatoms. The molecule has 3 aliphatic rings. The van der Waals surface area contributed by atoms with Crippen molar-refractivity contribution in [1.29, 1.82) is 0 Å². The number of likely N-dealkylation sites (N-methyl/N-ethyl adjacent to an activating group) is 1. The van der Waals surface area contributed by atoms with E-state index in [1.165, 1.54) is 53.9 Å². The van der Waals surface area contributed by atoms with Gasteiger partial charge >= 0.3 is 5.97 Å². The standard InChI is InChI=1S/C38H49N7O10/c1-5-25-35(51)44-17-10-13-26(44)36(52)43(4)28(19-23-11-7-6-8-12-23)37(53)45-18-15-24(46)20-27(45)32(48)40-21(2)38(54)55-22(3)30(33(49)41-25)42-34(50)31-29(47)14-9-16-39-31/h6-9,11-12,14,16,21-22,24-28,30,46-47H,5,10,13,15,17-20H2,1-4H3,(H,40,48)(H,41,49)(H,42,50)/t21-,22+,24+,25+,26-,27-,28-,30-/m0/s1. The number of carbonyl (C=O) groups excluding carboxylic acids is 7. The maximum absolute atomic E-state index is 14.6. The van der Waals surface area contributed by atoms with Crippen LogP contribution in [-0.2, 0) is 39.9 Å². The second kappa shape index (κ2) is 17.7. The van der Waals surface area contributed by atoms with Crippen LogP contribution in [0.3, 0.4) is 0 Å². The van der Waals surface area contributed by atoms with Gasteiger partial charge in [-0.2, -0.15) is 0 Å². The Morgan fingerprint density at radius 1 is 0.909 bits per heavy atom. The molecule has 0 bridgehead atoms. The number of carbonyl (C=O) groups is 7. The van der Waals surface area contributed by atoms with Crippen molar-refractivity contribution in [3.8, 4) is 5.75 Å². The van der Waals surface area contributed by atoms with Crippen molar-refractivity contribution in [1.82, 2.24) is 35.6 Å². The number of ether oxygens (including phenoxy) is 1. The first-order valence-electron chi connectivity index (χ1n) is 18.6. The van der Waals surface area contributed by atoms with E-state index in [1.54, 1.807) is 19.1 Å². The van der Waals surface area contributed by atoms with Gasteiger partial charge in [0.05, 0.1) is 6.10 Å². The zero-order valence-electron chi connectivity index (χ0n) is 31.3. The molecule has 4 heterocycles. The number of piperidine rings is 1. The first-order chi connectivity index (χ1) is 26.2. The molecule has 1 aromatic carbocycles. The SMILES string of the molecule is CC[C@H]1NC(=O)[C@@H](NC(=O)c2ncccc2O)[C@@H](C)OC(=O)[C@H](C)NC(=O)[C@@H]2C[C@H](O)CCN2C(=O)[C@H](Cc2ccccc2)N(C)C(=O)[C@@H]2CCCN2C1=O. The smallest absolute Gasteiger partial charge is 0.328 e. The van der Waals surface area contributed by atoms with E-state index in [0.29, 0.717) is 12.8 Å². The fraction of sp³-hybridized carbons (Fsp3) is 0.526. The summed E-state index contributed by atoms with van der Waals surface area (Å²) in [5.41, 5.74) is 0.338. The van der Waals surface area contributed by atoms with Crippen molar-refractivity contribution in [2.75, 3.05) is 20.1 Å². The third kappa shape index (κ3) is 9.21. The van der Waals surface area contributed by atoms with Crippen LogP contribution in [0.1, 0.15) is 68.9 Å². The molecule has 3 saturated heterocycles. The maximum Gasteiger partial charge on any atom is 0.328 e. The summed E-state index contributed by atoms with van der Waals surface area (Å²) in [4.78, 5) is 105. The highest BCUT2D eigenvalue weighted by Gasteiger charge is 2.45. The highest BCUT2D eigenvalue weighted by molar-refractivity contribution is 6.00. The summed E-state index contributed by atoms with van der Waals surface area (Å²) in [5, 5.41) is 28.5. The van der Waals surface area contributed by atoms with Crippen LogP contribution >= 0.6 is 0 Å². The molecule has 0 spiro atoms. The van der Waals surface area contributed by atoms with Crippen molar-refractivity contribution >= 4 is 41.4 Å². The molecule has 1 aromatic heterocycles. The maximum atomic E-state index is 14.6. The molecular formula is C38H49N7O10. The Morgan fingerprint density at radius 2 is 1.62 bits per heavy atom. The van der Waals surface area contributed by atoms with Gasteiger partial charge in [0.15, 0.2) is 5.69 Å². The highest BCUT2D eigenvalue weighted by atomic mass is 16.5. The van der Waals surface area contributed by atoms with Gasteiger partial charge in [0.25, 0.3) is 5.91 Å².